The molecule has 1 fully saturated rings. The van der Waals surface area contributed by atoms with Crippen LogP contribution in [0.15, 0.2) is 24.3 Å². The summed E-state index contributed by atoms with van der Waals surface area (Å²) in [6.45, 7) is 4.86. The molecule has 0 aromatic heterocycles. The third-order valence-electron chi connectivity index (χ3n) is 3.36. The van der Waals surface area contributed by atoms with Crippen LogP contribution in [0.25, 0.3) is 0 Å². The fourth-order valence-corrected chi connectivity index (χ4v) is 2.62. The van der Waals surface area contributed by atoms with E-state index >= 15 is 0 Å². The van der Waals surface area contributed by atoms with Gasteiger partial charge in [0, 0.05) is 12.5 Å². The fraction of sp³-hybridized carbons (Fsp3) is 0.600. The summed E-state index contributed by atoms with van der Waals surface area (Å²) in [5.41, 5.74) is 2.01. The van der Waals surface area contributed by atoms with E-state index < -0.39 is 5.60 Å². The van der Waals surface area contributed by atoms with E-state index in [1.165, 1.54) is 30.4 Å². The molecule has 1 aromatic carbocycles. The number of hydrogen-bond acceptors (Lipinski definition) is 2. The van der Waals surface area contributed by atoms with Gasteiger partial charge in [-0.15, -0.1) is 0 Å². The SMILES string of the molecule is CC(C)(O)Cc1ccccc1C1CCCCN1. The summed E-state index contributed by atoms with van der Waals surface area (Å²) in [7, 11) is 0. The highest BCUT2D eigenvalue weighted by molar-refractivity contribution is 5.31. The van der Waals surface area contributed by atoms with Crippen LogP contribution in [0, 0.1) is 0 Å². The topological polar surface area (TPSA) is 32.3 Å². The van der Waals surface area contributed by atoms with Gasteiger partial charge in [-0.05, 0) is 44.4 Å². The second-order valence-corrected chi connectivity index (χ2v) is 5.69. The van der Waals surface area contributed by atoms with Crippen molar-refractivity contribution in [3.8, 4) is 0 Å². The van der Waals surface area contributed by atoms with Crippen LogP contribution in [0.3, 0.4) is 0 Å². The van der Waals surface area contributed by atoms with Crippen molar-refractivity contribution in [2.24, 2.45) is 0 Å². The molecule has 0 aliphatic carbocycles. The Hall–Kier alpha value is -0.860. The minimum Gasteiger partial charge on any atom is -0.390 e. The molecule has 1 unspecified atom stereocenters. The van der Waals surface area contributed by atoms with E-state index in [1.54, 1.807) is 0 Å². The van der Waals surface area contributed by atoms with E-state index in [0.717, 1.165) is 13.0 Å². The number of aliphatic hydroxyl groups is 1. The van der Waals surface area contributed by atoms with Crippen LogP contribution in [0.2, 0.25) is 0 Å². The Bertz CT molecular complexity index is 361. The first-order valence-electron chi connectivity index (χ1n) is 6.60. The Labute approximate surface area is 104 Å². The van der Waals surface area contributed by atoms with Gasteiger partial charge in [0.1, 0.15) is 0 Å². The Kier molecular flexibility index (Phi) is 3.85. The average molecular weight is 233 g/mol. The maximum Gasteiger partial charge on any atom is 0.0632 e. The van der Waals surface area contributed by atoms with Gasteiger partial charge in [0.05, 0.1) is 5.60 Å². The summed E-state index contributed by atoms with van der Waals surface area (Å²) in [5, 5.41) is 13.6. The second-order valence-electron chi connectivity index (χ2n) is 5.69. The van der Waals surface area contributed by atoms with E-state index in [9.17, 15) is 5.11 Å². The highest BCUT2D eigenvalue weighted by Gasteiger charge is 2.21. The number of piperidine rings is 1. The Morgan fingerprint density at radius 3 is 2.71 bits per heavy atom. The monoisotopic (exact) mass is 233 g/mol. The van der Waals surface area contributed by atoms with Crippen molar-refractivity contribution >= 4 is 0 Å². The van der Waals surface area contributed by atoms with Crippen molar-refractivity contribution in [3.05, 3.63) is 35.4 Å². The summed E-state index contributed by atoms with van der Waals surface area (Å²) < 4.78 is 0. The van der Waals surface area contributed by atoms with Crippen LogP contribution in [-0.4, -0.2) is 17.3 Å². The van der Waals surface area contributed by atoms with Crippen LogP contribution < -0.4 is 5.32 Å². The molecule has 2 N–H and O–H groups in total. The molecule has 0 spiro atoms. The first kappa shape index (κ1) is 12.6. The van der Waals surface area contributed by atoms with Gasteiger partial charge in [-0.2, -0.15) is 0 Å². The summed E-state index contributed by atoms with van der Waals surface area (Å²) in [6.07, 6.45) is 4.52. The fourth-order valence-electron chi connectivity index (χ4n) is 2.62. The standard InChI is InChI=1S/C15H23NO/c1-15(2,17)11-12-7-3-4-8-13(12)14-9-5-6-10-16-14/h3-4,7-8,14,16-17H,5-6,9-11H2,1-2H3. The molecule has 2 rings (SSSR count). The lowest BCUT2D eigenvalue weighted by Crippen LogP contribution is -2.29. The summed E-state index contributed by atoms with van der Waals surface area (Å²) in [5.74, 6) is 0. The smallest absolute Gasteiger partial charge is 0.0632 e. The molecular weight excluding hydrogens is 210 g/mol. The predicted molar refractivity (Wildman–Crippen MR) is 71.0 cm³/mol. The van der Waals surface area contributed by atoms with Crippen molar-refractivity contribution in [1.29, 1.82) is 0 Å². The molecule has 2 nitrogen and oxygen atoms in total. The summed E-state index contributed by atoms with van der Waals surface area (Å²) >= 11 is 0. The minimum absolute atomic E-state index is 0.474. The third-order valence-corrected chi connectivity index (χ3v) is 3.36. The molecule has 1 atom stereocenters. The molecule has 1 aliphatic rings. The van der Waals surface area contributed by atoms with Crippen molar-refractivity contribution < 1.29 is 5.11 Å². The highest BCUT2D eigenvalue weighted by Crippen LogP contribution is 2.27. The molecule has 1 aliphatic heterocycles. The molecule has 17 heavy (non-hydrogen) atoms. The molecule has 0 radical (unpaired) electrons. The zero-order valence-electron chi connectivity index (χ0n) is 10.9. The third kappa shape index (κ3) is 3.55. The minimum atomic E-state index is -0.634. The molecule has 0 saturated carbocycles. The Balaban J connectivity index is 2.20. The maximum absolute atomic E-state index is 9.97. The van der Waals surface area contributed by atoms with E-state index in [0.29, 0.717) is 6.04 Å². The van der Waals surface area contributed by atoms with Gasteiger partial charge in [-0.3, -0.25) is 0 Å². The van der Waals surface area contributed by atoms with Crippen LogP contribution in [0.1, 0.15) is 50.3 Å². The largest absolute Gasteiger partial charge is 0.390 e. The summed E-state index contributed by atoms with van der Waals surface area (Å²) in [6, 6.07) is 8.97. The van der Waals surface area contributed by atoms with Gasteiger partial charge in [-0.1, -0.05) is 30.7 Å². The lowest BCUT2D eigenvalue weighted by atomic mass is 9.89. The maximum atomic E-state index is 9.97. The van der Waals surface area contributed by atoms with Crippen molar-refractivity contribution in [2.45, 2.75) is 51.2 Å². The molecule has 94 valence electrons. The van der Waals surface area contributed by atoms with Crippen LogP contribution in [0.5, 0.6) is 0 Å². The van der Waals surface area contributed by atoms with E-state index in [4.69, 9.17) is 0 Å². The molecule has 2 heteroatoms. The van der Waals surface area contributed by atoms with E-state index in [-0.39, 0.29) is 0 Å². The molecular formula is C15H23NO. The zero-order chi connectivity index (χ0) is 12.3. The van der Waals surface area contributed by atoms with Gasteiger partial charge in [0.15, 0.2) is 0 Å². The van der Waals surface area contributed by atoms with Crippen molar-refractivity contribution in [3.63, 3.8) is 0 Å². The Morgan fingerprint density at radius 2 is 2.06 bits per heavy atom. The lowest BCUT2D eigenvalue weighted by molar-refractivity contribution is 0.0806. The van der Waals surface area contributed by atoms with Gasteiger partial charge in [-0.25, -0.2) is 0 Å². The van der Waals surface area contributed by atoms with Gasteiger partial charge >= 0.3 is 0 Å². The van der Waals surface area contributed by atoms with Crippen molar-refractivity contribution in [2.75, 3.05) is 6.54 Å². The quantitative estimate of drug-likeness (QED) is 0.841. The normalized spacial score (nSPS) is 21.5. The first-order chi connectivity index (χ1) is 8.06. The number of rotatable bonds is 3. The van der Waals surface area contributed by atoms with Crippen LogP contribution in [-0.2, 0) is 6.42 Å². The Morgan fingerprint density at radius 1 is 1.29 bits per heavy atom. The molecule has 0 amide bonds. The molecule has 1 heterocycles. The highest BCUT2D eigenvalue weighted by atomic mass is 16.3. The number of hydrogen-bond donors (Lipinski definition) is 2. The lowest BCUT2D eigenvalue weighted by Gasteiger charge is -2.27. The molecule has 0 bridgehead atoms. The van der Waals surface area contributed by atoms with Gasteiger partial charge in [0.2, 0.25) is 0 Å². The van der Waals surface area contributed by atoms with Crippen molar-refractivity contribution in [1.82, 2.24) is 5.32 Å². The van der Waals surface area contributed by atoms with Gasteiger partial charge < -0.3 is 10.4 Å². The molecule has 1 saturated heterocycles. The average Bonchev–Trinajstić information content (AvgIpc) is 2.29. The number of benzene rings is 1. The van der Waals surface area contributed by atoms with E-state index in [2.05, 4.69) is 29.6 Å². The zero-order valence-corrected chi connectivity index (χ0v) is 10.9. The second kappa shape index (κ2) is 5.19. The number of nitrogens with one attached hydrogen (secondary N) is 1. The van der Waals surface area contributed by atoms with Gasteiger partial charge in [0.25, 0.3) is 0 Å². The summed E-state index contributed by atoms with van der Waals surface area (Å²) in [4.78, 5) is 0. The van der Waals surface area contributed by atoms with Crippen LogP contribution >= 0.6 is 0 Å². The van der Waals surface area contributed by atoms with E-state index in [1.807, 2.05) is 13.8 Å². The predicted octanol–water partition coefficient (Wildman–Crippen LogP) is 2.81. The van der Waals surface area contributed by atoms with Crippen LogP contribution in [0.4, 0.5) is 0 Å². The molecule has 1 aromatic rings. The first-order valence-corrected chi connectivity index (χ1v) is 6.60.